The number of hydrogen-bond acceptors (Lipinski definition) is 4. The maximum absolute atomic E-state index is 6.78. The van der Waals surface area contributed by atoms with Gasteiger partial charge >= 0.3 is 16.5 Å². The number of thioether (sulfide) groups is 2. The van der Waals surface area contributed by atoms with E-state index in [-0.39, 0.29) is 16.5 Å². The topological polar surface area (TPSA) is 101 Å². The molecule has 0 aliphatic heterocycles. The van der Waals surface area contributed by atoms with Gasteiger partial charge in [0.25, 0.3) is 0 Å². The minimum Gasteiger partial charge on any atom is -0.731 e. The fraction of sp³-hybridized carbons (Fsp3) is 0.125. The zero-order chi connectivity index (χ0) is 17.6. The van der Waals surface area contributed by atoms with E-state index >= 15 is 0 Å². The Kier molecular flexibility index (Phi) is 13.5. The van der Waals surface area contributed by atoms with Crippen molar-refractivity contribution in [3.05, 3.63) is 83.0 Å². The van der Waals surface area contributed by atoms with Gasteiger partial charge in [-0.1, -0.05) is 60.7 Å². The van der Waals surface area contributed by atoms with Crippen LogP contribution in [0.4, 0.5) is 11.4 Å². The van der Waals surface area contributed by atoms with E-state index in [2.05, 4.69) is 20.8 Å². The standard InChI is InChI=1S/2C8H9N3S.Ni/c2*1-12-8(11-9)10-7-5-3-2-4-6-7;/h2*2-6,9H,1H3;/q2*-2;+2. The van der Waals surface area contributed by atoms with Crippen molar-refractivity contribution in [3.63, 3.8) is 0 Å². The van der Waals surface area contributed by atoms with E-state index in [1.807, 2.05) is 73.2 Å². The Morgan fingerprint density at radius 3 is 1.28 bits per heavy atom. The number of para-hydroxylation sites is 2. The molecule has 9 heteroatoms. The van der Waals surface area contributed by atoms with Crippen LogP contribution in [0.2, 0.25) is 0 Å². The summed E-state index contributed by atoms with van der Waals surface area (Å²) in [6, 6.07) is 19.0. The normalized spacial score (nSPS) is 10.8. The molecular weight excluding hydrogens is 399 g/mol. The van der Waals surface area contributed by atoms with Gasteiger partial charge in [-0.25, -0.2) is 0 Å². The number of amidine groups is 2. The summed E-state index contributed by atoms with van der Waals surface area (Å²) in [5, 5.41) is 15.7. The van der Waals surface area contributed by atoms with Crippen LogP contribution in [0.25, 0.3) is 22.3 Å². The number of benzene rings is 2. The minimum atomic E-state index is 0. The predicted octanol–water partition coefficient (Wildman–Crippen LogP) is 6.75. The predicted molar refractivity (Wildman–Crippen MR) is 109 cm³/mol. The van der Waals surface area contributed by atoms with Crippen molar-refractivity contribution in [1.29, 1.82) is 0 Å². The van der Waals surface area contributed by atoms with E-state index in [9.17, 15) is 0 Å². The van der Waals surface area contributed by atoms with Gasteiger partial charge in [0.1, 0.15) is 0 Å². The second-order valence-electron chi connectivity index (χ2n) is 4.09. The van der Waals surface area contributed by atoms with E-state index in [1.165, 1.54) is 23.5 Å². The zero-order valence-corrected chi connectivity index (χ0v) is 16.3. The third kappa shape index (κ3) is 9.91. The summed E-state index contributed by atoms with van der Waals surface area (Å²) >= 11 is 2.72. The molecule has 0 aliphatic carbocycles. The van der Waals surface area contributed by atoms with Crippen LogP contribution in [0.5, 0.6) is 0 Å². The molecule has 0 radical (unpaired) electrons. The van der Waals surface area contributed by atoms with Crippen LogP contribution < -0.4 is 0 Å². The first kappa shape index (κ1) is 23.2. The van der Waals surface area contributed by atoms with Crippen molar-refractivity contribution in [2.45, 2.75) is 0 Å². The maximum atomic E-state index is 6.78. The van der Waals surface area contributed by atoms with Crippen molar-refractivity contribution in [2.24, 2.45) is 10.2 Å². The molecule has 0 amide bonds. The first-order chi connectivity index (χ1) is 11.7. The quantitative estimate of drug-likeness (QED) is 0.233. The van der Waals surface area contributed by atoms with E-state index < -0.39 is 0 Å². The largest absolute Gasteiger partial charge is 2.00 e. The fourth-order valence-electron chi connectivity index (χ4n) is 1.46. The van der Waals surface area contributed by atoms with Gasteiger partial charge in [0.05, 0.1) is 0 Å². The molecule has 0 heterocycles. The Hall–Kier alpha value is -1.83. The first-order valence-corrected chi connectivity index (χ1v) is 9.28. The summed E-state index contributed by atoms with van der Waals surface area (Å²) in [7, 11) is 0. The molecule has 0 atom stereocenters. The second-order valence-corrected chi connectivity index (χ2v) is 5.64. The summed E-state index contributed by atoms with van der Waals surface area (Å²) < 4.78 is 0. The summed E-state index contributed by atoms with van der Waals surface area (Å²) in [6.07, 6.45) is 3.69. The smallest absolute Gasteiger partial charge is 0.731 e. The number of rotatable bonds is 2. The molecule has 0 fully saturated rings. The van der Waals surface area contributed by atoms with Gasteiger partial charge < -0.3 is 32.5 Å². The van der Waals surface area contributed by atoms with Gasteiger partial charge in [0.15, 0.2) is 0 Å². The van der Waals surface area contributed by atoms with Crippen LogP contribution in [-0.2, 0) is 16.5 Å². The zero-order valence-electron chi connectivity index (χ0n) is 13.7. The van der Waals surface area contributed by atoms with E-state index in [0.717, 1.165) is 11.4 Å². The van der Waals surface area contributed by atoms with E-state index in [0.29, 0.717) is 10.3 Å². The molecule has 0 saturated heterocycles. The Bertz CT molecular complexity index is 580. The fourth-order valence-corrected chi connectivity index (χ4v) is 2.03. The summed E-state index contributed by atoms with van der Waals surface area (Å²) in [6.45, 7) is 0. The third-order valence-electron chi connectivity index (χ3n) is 2.52. The number of hydrogen-bond donors (Lipinski definition) is 0. The summed E-state index contributed by atoms with van der Waals surface area (Å²) in [5.41, 5.74) is 1.66. The van der Waals surface area contributed by atoms with Crippen molar-refractivity contribution in [1.82, 2.24) is 0 Å². The average Bonchev–Trinajstić information content (AvgIpc) is 2.66. The van der Waals surface area contributed by atoms with Crippen LogP contribution in [-0.4, -0.2) is 22.8 Å². The van der Waals surface area contributed by atoms with Gasteiger partial charge in [-0.15, -0.1) is 23.5 Å². The summed E-state index contributed by atoms with van der Waals surface area (Å²) in [5.74, 6) is 13.6. The molecule has 25 heavy (non-hydrogen) atoms. The van der Waals surface area contributed by atoms with Crippen molar-refractivity contribution in [2.75, 3.05) is 12.5 Å². The molecule has 0 saturated carbocycles. The molecule has 136 valence electrons. The molecule has 0 aliphatic rings. The maximum Gasteiger partial charge on any atom is 2.00 e. The molecular formula is C16H18N6NiS2-2. The van der Waals surface area contributed by atoms with Gasteiger partial charge in [-0.3, -0.25) is 0 Å². The monoisotopic (exact) mass is 416 g/mol. The van der Waals surface area contributed by atoms with Crippen molar-refractivity contribution >= 4 is 45.2 Å². The Morgan fingerprint density at radius 1 is 0.720 bits per heavy atom. The Balaban J connectivity index is 0.000000443. The molecule has 6 nitrogen and oxygen atoms in total. The van der Waals surface area contributed by atoms with Gasteiger partial charge in [-0.05, 0) is 34.2 Å². The van der Waals surface area contributed by atoms with Crippen LogP contribution in [0.1, 0.15) is 0 Å². The van der Waals surface area contributed by atoms with Crippen LogP contribution in [0, 0.1) is 0 Å². The number of nitrogens with one attached hydrogen (secondary N) is 2. The van der Waals surface area contributed by atoms with Crippen LogP contribution >= 0.6 is 23.5 Å². The van der Waals surface area contributed by atoms with Crippen LogP contribution in [0.15, 0.2) is 70.9 Å². The molecule has 0 unspecified atom stereocenters. The molecule has 0 spiro atoms. The van der Waals surface area contributed by atoms with E-state index in [1.54, 1.807) is 0 Å². The summed E-state index contributed by atoms with van der Waals surface area (Å²) in [4.78, 5) is 0. The van der Waals surface area contributed by atoms with Gasteiger partial charge in [-0.2, -0.15) is 0 Å². The molecule has 0 aromatic heterocycles. The molecule has 0 bridgehead atoms. The van der Waals surface area contributed by atoms with Crippen molar-refractivity contribution in [3.8, 4) is 0 Å². The molecule has 2 rings (SSSR count). The van der Waals surface area contributed by atoms with Gasteiger partial charge in [0.2, 0.25) is 0 Å². The second kappa shape index (κ2) is 14.5. The van der Waals surface area contributed by atoms with Crippen molar-refractivity contribution < 1.29 is 16.5 Å². The first-order valence-electron chi connectivity index (χ1n) is 6.83. The number of nitrogens with zero attached hydrogens (tertiary/aromatic N) is 4. The van der Waals surface area contributed by atoms with Crippen LogP contribution in [0.3, 0.4) is 0 Å². The van der Waals surface area contributed by atoms with E-state index in [4.69, 9.17) is 11.7 Å². The minimum absolute atomic E-state index is 0. The van der Waals surface area contributed by atoms with Gasteiger partial charge in [0, 0.05) is 0 Å². The SMILES string of the molecule is CSC(=N[NH-])[N-]c1ccccc1.CSC(=N[NH-])[N-]c1ccccc1.[Ni+2]. The molecule has 2 aromatic carbocycles. The Morgan fingerprint density at radius 2 is 1.04 bits per heavy atom. The Labute approximate surface area is 167 Å². The molecule has 2 aromatic rings. The third-order valence-corrected chi connectivity index (χ3v) is 3.61. The molecule has 2 N–H and O–H groups in total. The average molecular weight is 417 g/mol.